The molecule has 0 aliphatic carbocycles. The lowest BCUT2D eigenvalue weighted by Gasteiger charge is -2.04. The number of thiazole rings is 2. The van der Waals surface area contributed by atoms with Gasteiger partial charge in [0.25, 0.3) is 11.8 Å². The van der Waals surface area contributed by atoms with Crippen LogP contribution in [0.25, 0.3) is 33.8 Å². The lowest BCUT2D eigenvalue weighted by molar-refractivity contribution is 0.101. The van der Waals surface area contributed by atoms with Crippen molar-refractivity contribution in [3.8, 4) is 22.8 Å². The molecule has 0 saturated heterocycles. The molecule has 2 amide bonds. The van der Waals surface area contributed by atoms with E-state index in [0.29, 0.717) is 32.6 Å². The quantitative estimate of drug-likeness (QED) is 0.140. The molecule has 7 aromatic rings. The number of nitrogens with one attached hydrogen (secondary N) is 3. The Morgan fingerprint density at radius 2 is 1.26 bits per heavy atom. The molecular weight excluding hydrogens is 693 g/mol. The number of pyridine rings is 2. The minimum atomic E-state index is -3.10. The maximum atomic E-state index is 12.3. The van der Waals surface area contributed by atoms with Crippen LogP contribution in [-0.2, 0) is 15.6 Å². The van der Waals surface area contributed by atoms with E-state index in [1.54, 1.807) is 55.1 Å². The van der Waals surface area contributed by atoms with Crippen LogP contribution in [0.15, 0.2) is 108 Å². The van der Waals surface area contributed by atoms with Gasteiger partial charge in [0.15, 0.2) is 20.1 Å². The summed E-state index contributed by atoms with van der Waals surface area (Å²) in [6, 6.07) is 23.0. The molecule has 0 aliphatic heterocycles. The molecule has 0 fully saturated rings. The molecule has 2 aromatic carbocycles. The molecule has 0 aliphatic rings. The van der Waals surface area contributed by atoms with Crippen molar-refractivity contribution in [2.75, 3.05) is 16.9 Å². The van der Waals surface area contributed by atoms with Crippen LogP contribution in [0.1, 0.15) is 44.4 Å². The summed E-state index contributed by atoms with van der Waals surface area (Å²) in [7, 11) is -3.10. The van der Waals surface area contributed by atoms with Crippen LogP contribution in [0.3, 0.4) is 0 Å². The summed E-state index contributed by atoms with van der Waals surface area (Å²) in [6.45, 7) is 4.00. The summed E-state index contributed by atoms with van der Waals surface area (Å²) in [6.07, 6.45) is 6.18. The van der Waals surface area contributed by atoms with Crippen molar-refractivity contribution < 1.29 is 22.3 Å². The number of hydrogen-bond acceptors (Lipinski definition) is 11. The second-order valence-corrected chi connectivity index (χ2v) is 14.2. The second kappa shape index (κ2) is 16.6. The number of amides is 2. The molecule has 0 unspecified atom stereocenters. The standard InChI is InChI=1S/C17H15N3O3S2.C16H11N5OS.C2H6.3H2/c1-25(22,23)11-12-5-7-13(8-6-12)16(21)20-17-19-15(10-24-17)14-4-2-3-9-18-14;22-15(10-4-5-12-13(7-10)19-9-18-12)21-16-20-14(8-23-16)11-3-1-2-6-17-11;1-2;;;/h2-10H,11H2,1H3,(H,19,20,21);1-9H,(H,18,19)(H,20,21,22);1-2H3;3*1H. The molecule has 5 aromatic heterocycles. The van der Waals surface area contributed by atoms with Gasteiger partial charge in [-0.25, -0.2) is 23.4 Å². The van der Waals surface area contributed by atoms with E-state index in [-0.39, 0.29) is 21.8 Å². The molecule has 12 nitrogen and oxygen atoms in total. The maximum Gasteiger partial charge on any atom is 0.257 e. The molecule has 50 heavy (non-hydrogen) atoms. The van der Waals surface area contributed by atoms with Crippen molar-refractivity contribution in [3.05, 3.63) is 125 Å². The Morgan fingerprint density at radius 1 is 0.720 bits per heavy atom. The van der Waals surface area contributed by atoms with Gasteiger partial charge in [0.05, 0.1) is 34.5 Å². The summed E-state index contributed by atoms with van der Waals surface area (Å²) in [5, 5.41) is 10.3. The van der Waals surface area contributed by atoms with E-state index in [1.165, 1.54) is 28.9 Å². The van der Waals surface area contributed by atoms with E-state index in [9.17, 15) is 18.0 Å². The number of sulfone groups is 1. The first-order valence-electron chi connectivity index (χ1n) is 15.3. The lowest BCUT2D eigenvalue weighted by Crippen LogP contribution is -2.12. The fraction of sp³-hybridized carbons (Fsp3) is 0.114. The Hall–Kier alpha value is -5.64. The van der Waals surface area contributed by atoms with Crippen LogP contribution in [0.4, 0.5) is 10.3 Å². The number of rotatable bonds is 8. The molecule has 7 rings (SSSR count). The summed E-state index contributed by atoms with van der Waals surface area (Å²) < 4.78 is 22.6. The SMILES string of the molecule is CC.CS(=O)(=O)Cc1ccc(C(=O)Nc2nc(-c3ccccn3)cs2)cc1.O=C(Nc1nc(-c2ccccn2)cs1)c1ccc2nc[nH]c2c1.[HH].[HH].[HH]. The van der Waals surface area contributed by atoms with Crippen LogP contribution in [-0.4, -0.2) is 56.4 Å². The van der Waals surface area contributed by atoms with Crippen LogP contribution >= 0.6 is 22.7 Å². The van der Waals surface area contributed by atoms with Crippen LogP contribution in [0, 0.1) is 0 Å². The number of aromatic nitrogens is 6. The van der Waals surface area contributed by atoms with E-state index in [4.69, 9.17) is 0 Å². The minimum Gasteiger partial charge on any atom is -0.345 e. The molecule has 15 heteroatoms. The molecule has 0 bridgehead atoms. The first-order valence-corrected chi connectivity index (χ1v) is 19.1. The number of carbonyl (C=O) groups is 2. The van der Waals surface area contributed by atoms with Crippen LogP contribution in [0.2, 0.25) is 0 Å². The zero-order chi connectivity index (χ0) is 35.5. The molecule has 0 saturated carbocycles. The van der Waals surface area contributed by atoms with Crippen molar-refractivity contribution in [1.82, 2.24) is 29.9 Å². The first kappa shape index (κ1) is 35.7. The number of hydrogen-bond donors (Lipinski definition) is 3. The van der Waals surface area contributed by atoms with Crippen molar-refractivity contribution in [2.24, 2.45) is 0 Å². The van der Waals surface area contributed by atoms with E-state index < -0.39 is 9.84 Å². The van der Waals surface area contributed by atoms with Gasteiger partial charge in [-0.3, -0.25) is 30.2 Å². The Morgan fingerprint density at radius 3 is 1.78 bits per heavy atom. The summed E-state index contributed by atoms with van der Waals surface area (Å²) in [5.41, 5.74) is 6.25. The number of aromatic amines is 1. The molecule has 0 radical (unpaired) electrons. The number of benzene rings is 2. The lowest BCUT2D eigenvalue weighted by atomic mass is 10.1. The number of anilines is 2. The third-order valence-electron chi connectivity index (χ3n) is 6.63. The van der Waals surface area contributed by atoms with Crippen LogP contribution < -0.4 is 10.6 Å². The highest BCUT2D eigenvalue weighted by atomic mass is 32.2. The van der Waals surface area contributed by atoms with E-state index in [2.05, 4.69) is 40.5 Å². The Labute approximate surface area is 301 Å². The highest BCUT2D eigenvalue weighted by Crippen LogP contribution is 2.25. The summed E-state index contributed by atoms with van der Waals surface area (Å²) >= 11 is 2.69. The van der Waals surface area contributed by atoms with Gasteiger partial charge in [-0.05, 0) is 60.2 Å². The van der Waals surface area contributed by atoms with Gasteiger partial charge >= 0.3 is 0 Å². The summed E-state index contributed by atoms with van der Waals surface area (Å²) in [5.74, 6) is -0.550. The van der Waals surface area contributed by atoms with Gasteiger partial charge in [0.2, 0.25) is 0 Å². The predicted octanol–water partition coefficient (Wildman–Crippen LogP) is 8.10. The minimum absolute atomic E-state index is 0. The Kier molecular flexibility index (Phi) is 11.9. The van der Waals surface area contributed by atoms with Gasteiger partial charge in [-0.2, -0.15) is 0 Å². The van der Waals surface area contributed by atoms with Gasteiger partial charge in [-0.15, -0.1) is 22.7 Å². The van der Waals surface area contributed by atoms with Gasteiger partial charge < -0.3 is 4.98 Å². The number of carbonyl (C=O) groups excluding carboxylic acids is 2. The zero-order valence-corrected chi connectivity index (χ0v) is 29.6. The van der Waals surface area contributed by atoms with Crippen molar-refractivity contribution >= 4 is 65.6 Å². The topological polar surface area (TPSA) is 173 Å². The Bertz CT molecular complexity index is 2300. The van der Waals surface area contributed by atoms with Gasteiger partial charge in [0.1, 0.15) is 11.4 Å². The number of nitrogens with zero attached hydrogens (tertiary/aromatic N) is 5. The fourth-order valence-electron chi connectivity index (χ4n) is 4.40. The third-order valence-corrected chi connectivity index (χ3v) is 9.00. The highest BCUT2D eigenvalue weighted by Gasteiger charge is 2.13. The third kappa shape index (κ3) is 9.72. The van der Waals surface area contributed by atoms with Gasteiger partial charge in [0, 0.05) is 44.8 Å². The second-order valence-electron chi connectivity index (χ2n) is 10.3. The van der Waals surface area contributed by atoms with Crippen molar-refractivity contribution in [2.45, 2.75) is 19.6 Å². The fourth-order valence-corrected chi connectivity index (χ4v) is 6.59. The molecular formula is C35H38N8O4S3. The van der Waals surface area contributed by atoms with E-state index >= 15 is 0 Å². The monoisotopic (exact) mass is 730 g/mol. The Balaban J connectivity index is 0.000000333. The van der Waals surface area contributed by atoms with Crippen molar-refractivity contribution in [1.29, 1.82) is 0 Å². The zero-order valence-electron chi connectivity index (χ0n) is 27.2. The van der Waals surface area contributed by atoms with Crippen molar-refractivity contribution in [3.63, 3.8) is 0 Å². The molecule has 5 heterocycles. The maximum absolute atomic E-state index is 12.3. The highest BCUT2D eigenvalue weighted by molar-refractivity contribution is 7.89. The van der Waals surface area contributed by atoms with E-state index in [1.807, 2.05) is 67.1 Å². The normalized spacial score (nSPS) is 10.7. The van der Waals surface area contributed by atoms with Crippen LogP contribution in [0.5, 0.6) is 0 Å². The predicted molar refractivity (Wildman–Crippen MR) is 205 cm³/mol. The van der Waals surface area contributed by atoms with Gasteiger partial charge in [-0.1, -0.05) is 38.1 Å². The average molecular weight is 731 g/mol. The smallest absolute Gasteiger partial charge is 0.257 e. The molecule has 0 spiro atoms. The largest absolute Gasteiger partial charge is 0.345 e. The molecule has 260 valence electrons. The number of fused-ring (bicyclic) bond motifs is 1. The summed E-state index contributed by atoms with van der Waals surface area (Å²) in [4.78, 5) is 49.0. The first-order chi connectivity index (χ1) is 24.2. The molecule has 3 N–H and O–H groups in total. The van der Waals surface area contributed by atoms with E-state index in [0.717, 1.165) is 28.1 Å². The molecule has 0 atom stereocenters. The number of H-pyrrole nitrogens is 1. The number of imidazole rings is 1. The average Bonchev–Trinajstić information content (AvgIpc) is 3.91.